The fourth-order valence-electron chi connectivity index (χ4n) is 6.58. The molecule has 0 fully saturated rings. The average Bonchev–Trinajstić information content (AvgIpc) is 3.39. The number of fused-ring (bicyclic) bond motifs is 2. The lowest BCUT2D eigenvalue weighted by Crippen LogP contribution is -2.28. The number of aliphatic imine (C=N–C) groups is 1. The molecule has 272 valence electrons. The molecular formula is C35H43N2O10S3-. The predicted molar refractivity (Wildman–Crippen MR) is 191 cm³/mol. The van der Waals surface area contributed by atoms with E-state index in [1.165, 1.54) is 24.3 Å². The van der Waals surface area contributed by atoms with E-state index in [4.69, 9.17) is 4.99 Å². The lowest BCUT2D eigenvalue weighted by molar-refractivity contribution is -0.117. The van der Waals surface area contributed by atoms with Crippen LogP contribution in [0.5, 0.6) is 0 Å². The minimum Gasteiger partial charge on any atom is -0.748 e. The van der Waals surface area contributed by atoms with Crippen LogP contribution >= 0.6 is 0 Å². The van der Waals surface area contributed by atoms with Crippen LogP contribution in [-0.2, 0) is 46.0 Å². The van der Waals surface area contributed by atoms with E-state index in [0.29, 0.717) is 54.0 Å². The number of nitrogens with zero attached hydrogens (tertiary/aromatic N) is 2. The molecule has 15 heteroatoms. The Labute approximate surface area is 295 Å². The Hall–Kier alpha value is -3.47. The lowest BCUT2D eigenvalue weighted by atomic mass is 9.75. The summed E-state index contributed by atoms with van der Waals surface area (Å²) in [6.07, 6.45) is 13.1. The third-order valence-electron chi connectivity index (χ3n) is 9.29. The summed E-state index contributed by atoms with van der Waals surface area (Å²) in [7, 11) is -13.3. The van der Waals surface area contributed by atoms with Crippen LogP contribution in [0.1, 0.15) is 83.8 Å². The fourth-order valence-corrected chi connectivity index (χ4v) is 8.15. The number of carbonyl (C=O) groups excluding carboxylic acids is 1. The highest BCUT2D eigenvalue weighted by molar-refractivity contribution is 7.86. The monoisotopic (exact) mass is 747 g/mol. The van der Waals surface area contributed by atoms with Crippen LogP contribution in [0.3, 0.4) is 0 Å². The highest BCUT2D eigenvalue weighted by Crippen LogP contribution is 2.49. The van der Waals surface area contributed by atoms with E-state index in [1.54, 1.807) is 37.3 Å². The lowest BCUT2D eigenvalue weighted by Gasteiger charge is -2.27. The molecule has 2 aliphatic rings. The van der Waals surface area contributed by atoms with E-state index in [9.17, 15) is 43.7 Å². The second-order valence-electron chi connectivity index (χ2n) is 13.4. The Morgan fingerprint density at radius 1 is 0.840 bits per heavy atom. The van der Waals surface area contributed by atoms with E-state index in [0.717, 1.165) is 25.0 Å². The molecule has 0 aromatic heterocycles. The maximum atomic E-state index is 11.9. The Bertz CT molecular complexity index is 2100. The Balaban J connectivity index is 1.62. The number of unbranched alkanes of at least 4 members (excludes halogenated alkanes) is 3. The summed E-state index contributed by atoms with van der Waals surface area (Å²) in [6.45, 7) is 7.70. The Kier molecular flexibility index (Phi) is 11.8. The first-order valence-electron chi connectivity index (χ1n) is 16.2. The van der Waals surface area contributed by atoms with Gasteiger partial charge in [-0.15, -0.1) is 0 Å². The third kappa shape index (κ3) is 9.25. The zero-order valence-electron chi connectivity index (χ0n) is 28.5. The first kappa shape index (κ1) is 39.3. The average molecular weight is 748 g/mol. The van der Waals surface area contributed by atoms with Gasteiger partial charge in [-0.3, -0.25) is 14.1 Å². The topological polar surface area (TPSA) is 199 Å². The maximum absolute atomic E-state index is 11.9. The quantitative estimate of drug-likeness (QED) is 0.113. The highest BCUT2D eigenvalue weighted by Gasteiger charge is 2.41. The van der Waals surface area contributed by atoms with E-state index >= 15 is 0 Å². The number of hydrogen-bond acceptors (Lipinski definition) is 10. The van der Waals surface area contributed by atoms with Crippen LogP contribution in [0.15, 0.2) is 87.3 Å². The summed E-state index contributed by atoms with van der Waals surface area (Å²) in [5.41, 5.74) is 2.74. The summed E-state index contributed by atoms with van der Waals surface area (Å²) >= 11 is 0. The van der Waals surface area contributed by atoms with E-state index < -0.39 is 46.9 Å². The minimum atomic E-state index is -4.46. The van der Waals surface area contributed by atoms with Crippen molar-refractivity contribution in [3.63, 3.8) is 0 Å². The zero-order valence-corrected chi connectivity index (χ0v) is 30.9. The van der Waals surface area contributed by atoms with Crippen molar-refractivity contribution in [2.45, 2.75) is 93.3 Å². The first-order chi connectivity index (χ1) is 23.1. The van der Waals surface area contributed by atoms with Crippen molar-refractivity contribution in [1.29, 1.82) is 0 Å². The smallest absolute Gasteiger partial charge is 0.294 e. The third-order valence-corrected chi connectivity index (χ3v) is 11.8. The van der Waals surface area contributed by atoms with Gasteiger partial charge in [-0.1, -0.05) is 44.9 Å². The van der Waals surface area contributed by atoms with Crippen molar-refractivity contribution in [2.24, 2.45) is 4.99 Å². The van der Waals surface area contributed by atoms with Crippen molar-refractivity contribution in [3.05, 3.63) is 83.6 Å². The molecule has 0 spiro atoms. The van der Waals surface area contributed by atoms with Crippen molar-refractivity contribution < 1.29 is 43.7 Å². The molecule has 1 atom stereocenters. The largest absolute Gasteiger partial charge is 0.748 e. The minimum absolute atomic E-state index is 0.123. The van der Waals surface area contributed by atoms with Crippen molar-refractivity contribution in [2.75, 3.05) is 17.2 Å². The van der Waals surface area contributed by atoms with Crippen LogP contribution in [0.4, 0.5) is 11.4 Å². The van der Waals surface area contributed by atoms with Gasteiger partial charge in [0, 0.05) is 40.9 Å². The van der Waals surface area contributed by atoms with Gasteiger partial charge >= 0.3 is 0 Å². The Morgan fingerprint density at radius 2 is 1.48 bits per heavy atom. The van der Waals surface area contributed by atoms with Gasteiger partial charge in [-0.05, 0) is 99.2 Å². The summed E-state index contributed by atoms with van der Waals surface area (Å²) in [6, 6.07) is 8.67. The standard InChI is InChI=1S/C35H44N2O10S3/c1-25(38)13-7-6-10-20-35(4)28-23-26(49(42,43)44)16-18-30(28)36-32(35)14-8-5-9-15-33-34(2,3)29-24-27(50(45,46)47)17-19-31(29)37(33)21-11-12-22-48(39,40)41/h5,8-9,14-19,23-24H,6-7,10-13,20-22H2,1-4H3,(H,39,40,41)(H,42,43,44)(H,45,46,47)/p-1/b9-5+,14-8+,33-15-. The molecule has 50 heavy (non-hydrogen) atoms. The molecule has 0 aliphatic carbocycles. The molecule has 0 saturated heterocycles. The number of rotatable bonds is 16. The first-order valence-corrected chi connectivity index (χ1v) is 20.7. The van der Waals surface area contributed by atoms with Crippen LogP contribution in [0.25, 0.3) is 0 Å². The number of anilines is 1. The highest BCUT2D eigenvalue weighted by atomic mass is 32.2. The van der Waals surface area contributed by atoms with Gasteiger partial charge in [-0.2, -0.15) is 16.8 Å². The van der Waals surface area contributed by atoms with Gasteiger partial charge in [0.2, 0.25) is 0 Å². The second kappa shape index (κ2) is 15.0. The summed E-state index contributed by atoms with van der Waals surface area (Å²) in [5.74, 6) is -0.372. The van der Waals surface area contributed by atoms with E-state index in [-0.39, 0.29) is 22.0 Å². The molecule has 2 aliphatic heterocycles. The van der Waals surface area contributed by atoms with Crippen LogP contribution in [0.2, 0.25) is 0 Å². The van der Waals surface area contributed by atoms with Gasteiger partial charge in [0.25, 0.3) is 20.2 Å². The predicted octanol–water partition coefficient (Wildman–Crippen LogP) is 6.18. The molecular weight excluding hydrogens is 705 g/mol. The Morgan fingerprint density at radius 3 is 2.10 bits per heavy atom. The summed E-state index contributed by atoms with van der Waals surface area (Å²) in [4.78, 5) is 17.7. The van der Waals surface area contributed by atoms with E-state index in [2.05, 4.69) is 0 Å². The van der Waals surface area contributed by atoms with Gasteiger partial charge in [0.05, 0.1) is 31.3 Å². The van der Waals surface area contributed by atoms with E-state index in [1.807, 2.05) is 37.8 Å². The second-order valence-corrected chi connectivity index (χ2v) is 17.8. The van der Waals surface area contributed by atoms with Gasteiger partial charge in [0.1, 0.15) is 5.78 Å². The molecule has 2 heterocycles. The van der Waals surface area contributed by atoms with Crippen LogP contribution in [0, 0.1) is 0 Å². The molecule has 2 aromatic carbocycles. The fraction of sp³-hybridized carbons (Fsp3) is 0.429. The summed E-state index contributed by atoms with van der Waals surface area (Å²) in [5, 5.41) is 0. The molecule has 2 N–H and O–H groups in total. The van der Waals surface area contributed by atoms with Crippen molar-refractivity contribution in [3.8, 4) is 0 Å². The van der Waals surface area contributed by atoms with Crippen LogP contribution in [-0.4, -0.2) is 62.7 Å². The molecule has 0 radical (unpaired) electrons. The van der Waals surface area contributed by atoms with Crippen molar-refractivity contribution in [1.82, 2.24) is 0 Å². The van der Waals surface area contributed by atoms with Gasteiger partial charge in [-0.25, -0.2) is 8.42 Å². The maximum Gasteiger partial charge on any atom is 0.294 e. The molecule has 1 unspecified atom stereocenters. The number of allylic oxidation sites excluding steroid dienone is 6. The molecule has 12 nitrogen and oxygen atoms in total. The van der Waals surface area contributed by atoms with Gasteiger partial charge < -0.3 is 14.2 Å². The number of Topliss-reactive ketones (excluding diaryl/α,β-unsaturated/α-hetero) is 1. The number of hydrogen-bond donors (Lipinski definition) is 2. The zero-order chi connectivity index (χ0) is 37.1. The van der Waals surface area contributed by atoms with Crippen LogP contribution < -0.4 is 4.90 Å². The molecule has 4 rings (SSSR count). The normalized spacial score (nSPS) is 19.8. The molecule has 0 bridgehead atoms. The van der Waals surface area contributed by atoms with Gasteiger partial charge in [0.15, 0.2) is 0 Å². The number of carbonyl (C=O) groups is 1. The molecule has 2 aromatic rings. The number of benzene rings is 2. The molecule has 0 saturated carbocycles. The van der Waals surface area contributed by atoms with Crippen molar-refractivity contribution >= 4 is 53.2 Å². The SMILES string of the molecule is CC(=O)CCCCCC1(C)C(/C=C/C=C/C=C2\N(CCCCS(=O)(=O)[O-])c3ccc(S(=O)(=O)O)cc3C2(C)C)=Nc2ccc(S(=O)(=O)O)cc21. The summed E-state index contributed by atoms with van der Waals surface area (Å²) < 4.78 is 101. The molecule has 0 amide bonds. The number of ketones is 1.